The van der Waals surface area contributed by atoms with Gasteiger partial charge in [0, 0.05) is 56.9 Å². The Morgan fingerprint density at radius 2 is 1.74 bits per heavy atom. The zero-order valence-corrected chi connectivity index (χ0v) is 19.0. The third-order valence-electron chi connectivity index (χ3n) is 4.51. The van der Waals surface area contributed by atoms with E-state index >= 15 is 0 Å². The number of carbonyl (C=O) groups is 2. The summed E-state index contributed by atoms with van der Waals surface area (Å²) in [6.45, 7) is 1.30. The molecule has 0 aliphatic rings. The molecule has 0 heterocycles. The Kier molecular flexibility index (Phi) is 9.84. The summed E-state index contributed by atoms with van der Waals surface area (Å²) in [7, 11) is 5.19. The molecule has 31 heavy (non-hydrogen) atoms. The molecule has 0 aliphatic heterocycles. The number of anilines is 1. The van der Waals surface area contributed by atoms with E-state index < -0.39 is 0 Å². The molecule has 7 nitrogen and oxygen atoms in total. The summed E-state index contributed by atoms with van der Waals surface area (Å²) in [5.41, 5.74) is 2.49. The van der Waals surface area contributed by atoms with Crippen molar-refractivity contribution in [2.75, 3.05) is 39.5 Å². The van der Waals surface area contributed by atoms with Crippen molar-refractivity contribution >= 4 is 35.1 Å². The number of nitrogens with one attached hydrogen (secondary N) is 3. The lowest BCUT2D eigenvalue weighted by Crippen LogP contribution is -2.38. The third kappa shape index (κ3) is 8.68. The van der Waals surface area contributed by atoms with Crippen LogP contribution in [0.1, 0.15) is 28.8 Å². The first-order chi connectivity index (χ1) is 14.9. The minimum atomic E-state index is -0.0424. The van der Waals surface area contributed by atoms with Crippen LogP contribution in [0.15, 0.2) is 53.5 Å². The Labute approximate surface area is 188 Å². The van der Waals surface area contributed by atoms with Gasteiger partial charge in [0.25, 0.3) is 5.91 Å². The first-order valence-electron chi connectivity index (χ1n) is 10.2. The molecule has 166 valence electrons. The predicted molar refractivity (Wildman–Crippen MR) is 127 cm³/mol. The van der Waals surface area contributed by atoms with E-state index in [9.17, 15) is 9.59 Å². The van der Waals surface area contributed by atoms with Gasteiger partial charge in [0.2, 0.25) is 5.91 Å². The maximum absolute atomic E-state index is 12.1. The van der Waals surface area contributed by atoms with E-state index in [4.69, 9.17) is 11.6 Å². The smallest absolute Gasteiger partial charge is 0.253 e. The third-order valence-corrected chi connectivity index (χ3v) is 4.76. The lowest BCUT2D eigenvalue weighted by molar-refractivity contribution is -0.116. The molecule has 0 unspecified atom stereocenters. The first kappa shape index (κ1) is 24.2. The number of carbonyl (C=O) groups excluding carboxylic acids is 2. The zero-order valence-electron chi connectivity index (χ0n) is 18.2. The van der Waals surface area contributed by atoms with Crippen molar-refractivity contribution in [1.82, 2.24) is 15.5 Å². The van der Waals surface area contributed by atoms with Gasteiger partial charge < -0.3 is 20.9 Å². The maximum Gasteiger partial charge on any atom is 0.253 e. The average Bonchev–Trinajstić information content (AvgIpc) is 2.76. The summed E-state index contributed by atoms with van der Waals surface area (Å²) in [5.74, 6) is 0.630. The SMILES string of the molecule is CN=C(NCCCC(=O)Nc1ccc(Cl)cc1)NCCc1cccc(C(=O)N(C)C)c1. The van der Waals surface area contributed by atoms with Gasteiger partial charge in [-0.1, -0.05) is 23.7 Å². The number of hydrogen-bond donors (Lipinski definition) is 3. The molecule has 0 aromatic heterocycles. The van der Waals surface area contributed by atoms with Gasteiger partial charge in [-0.2, -0.15) is 0 Å². The van der Waals surface area contributed by atoms with Gasteiger partial charge in [0.05, 0.1) is 0 Å². The zero-order chi connectivity index (χ0) is 22.6. The van der Waals surface area contributed by atoms with Crippen molar-refractivity contribution in [3.05, 3.63) is 64.7 Å². The van der Waals surface area contributed by atoms with Crippen LogP contribution in [0.2, 0.25) is 5.02 Å². The molecular weight excluding hydrogens is 414 g/mol. The second-order valence-corrected chi connectivity index (χ2v) is 7.67. The molecule has 2 amide bonds. The number of hydrogen-bond acceptors (Lipinski definition) is 3. The standard InChI is InChI=1S/C23H30ClN5O2/c1-25-23(26-14-5-8-21(30)28-20-11-9-19(24)10-12-20)27-15-13-17-6-4-7-18(16-17)22(31)29(2)3/h4,6-7,9-12,16H,5,8,13-15H2,1-3H3,(H,28,30)(H2,25,26,27). The molecule has 2 aromatic carbocycles. The van der Waals surface area contributed by atoms with Crippen LogP contribution >= 0.6 is 11.6 Å². The van der Waals surface area contributed by atoms with Gasteiger partial charge in [-0.3, -0.25) is 14.6 Å². The minimum absolute atomic E-state index is 0.00705. The highest BCUT2D eigenvalue weighted by Gasteiger charge is 2.08. The van der Waals surface area contributed by atoms with Gasteiger partial charge in [-0.15, -0.1) is 0 Å². The Morgan fingerprint density at radius 3 is 2.42 bits per heavy atom. The first-order valence-corrected chi connectivity index (χ1v) is 10.6. The summed E-state index contributed by atoms with van der Waals surface area (Å²) >= 11 is 5.84. The number of aliphatic imine (C=N–C) groups is 1. The predicted octanol–water partition coefficient (Wildman–Crippen LogP) is 3.17. The fourth-order valence-electron chi connectivity index (χ4n) is 2.88. The van der Waals surface area contributed by atoms with Crippen LogP contribution < -0.4 is 16.0 Å². The lowest BCUT2D eigenvalue weighted by Gasteiger charge is -2.13. The summed E-state index contributed by atoms with van der Waals surface area (Å²) in [6.07, 6.45) is 1.84. The molecule has 8 heteroatoms. The van der Waals surface area contributed by atoms with E-state index in [0.29, 0.717) is 42.5 Å². The van der Waals surface area contributed by atoms with E-state index in [1.807, 2.05) is 24.3 Å². The van der Waals surface area contributed by atoms with Crippen molar-refractivity contribution in [1.29, 1.82) is 0 Å². The van der Waals surface area contributed by atoms with Crippen LogP contribution in [0.5, 0.6) is 0 Å². The molecular formula is C23H30ClN5O2. The highest BCUT2D eigenvalue weighted by atomic mass is 35.5. The van der Waals surface area contributed by atoms with Crippen LogP contribution in [0.4, 0.5) is 5.69 Å². The highest BCUT2D eigenvalue weighted by molar-refractivity contribution is 6.30. The van der Waals surface area contributed by atoms with Crippen molar-refractivity contribution in [3.8, 4) is 0 Å². The molecule has 0 bridgehead atoms. The van der Waals surface area contributed by atoms with Gasteiger partial charge in [0.1, 0.15) is 0 Å². The molecule has 3 N–H and O–H groups in total. The van der Waals surface area contributed by atoms with Gasteiger partial charge in [0.15, 0.2) is 5.96 Å². The van der Waals surface area contributed by atoms with Crippen molar-refractivity contribution in [2.24, 2.45) is 4.99 Å². The van der Waals surface area contributed by atoms with Crippen LogP contribution in [0, 0.1) is 0 Å². The van der Waals surface area contributed by atoms with E-state index in [-0.39, 0.29) is 11.8 Å². The van der Waals surface area contributed by atoms with Gasteiger partial charge in [-0.25, -0.2) is 0 Å². The Morgan fingerprint density at radius 1 is 1.03 bits per heavy atom. The van der Waals surface area contributed by atoms with Crippen LogP contribution in [-0.4, -0.2) is 56.9 Å². The van der Waals surface area contributed by atoms with Gasteiger partial charge in [-0.05, 0) is 54.8 Å². The Balaban J connectivity index is 1.67. The molecule has 0 fully saturated rings. The number of guanidine groups is 1. The fraction of sp³-hybridized carbons (Fsp3) is 0.348. The van der Waals surface area contributed by atoms with Crippen molar-refractivity contribution in [2.45, 2.75) is 19.3 Å². The largest absolute Gasteiger partial charge is 0.356 e. The fourth-order valence-corrected chi connectivity index (χ4v) is 3.00. The monoisotopic (exact) mass is 443 g/mol. The number of benzene rings is 2. The van der Waals surface area contributed by atoms with Crippen LogP contribution in [0.3, 0.4) is 0 Å². The van der Waals surface area contributed by atoms with Crippen molar-refractivity contribution in [3.63, 3.8) is 0 Å². The lowest BCUT2D eigenvalue weighted by atomic mass is 10.1. The summed E-state index contributed by atoms with van der Waals surface area (Å²) in [6, 6.07) is 14.7. The summed E-state index contributed by atoms with van der Waals surface area (Å²) < 4.78 is 0. The molecule has 2 aromatic rings. The van der Waals surface area contributed by atoms with E-state index in [1.165, 1.54) is 0 Å². The Hall–Kier alpha value is -3.06. The molecule has 0 radical (unpaired) electrons. The second-order valence-electron chi connectivity index (χ2n) is 7.23. The molecule has 2 rings (SSSR count). The minimum Gasteiger partial charge on any atom is -0.356 e. The maximum atomic E-state index is 12.1. The Bertz CT molecular complexity index is 897. The topological polar surface area (TPSA) is 85.8 Å². The molecule has 0 saturated carbocycles. The quantitative estimate of drug-likeness (QED) is 0.315. The molecule has 0 atom stereocenters. The molecule has 0 spiro atoms. The van der Waals surface area contributed by atoms with Crippen LogP contribution in [0.25, 0.3) is 0 Å². The summed E-state index contributed by atoms with van der Waals surface area (Å²) in [5, 5.41) is 9.94. The number of rotatable bonds is 9. The van der Waals surface area contributed by atoms with Crippen molar-refractivity contribution < 1.29 is 9.59 Å². The van der Waals surface area contributed by atoms with E-state index in [1.54, 1.807) is 50.3 Å². The van der Waals surface area contributed by atoms with Gasteiger partial charge >= 0.3 is 0 Å². The second kappa shape index (κ2) is 12.6. The normalized spacial score (nSPS) is 11.0. The van der Waals surface area contributed by atoms with E-state index in [2.05, 4.69) is 20.9 Å². The van der Waals surface area contributed by atoms with E-state index in [0.717, 1.165) is 17.7 Å². The van der Waals surface area contributed by atoms with Crippen LogP contribution in [-0.2, 0) is 11.2 Å². The highest BCUT2D eigenvalue weighted by Crippen LogP contribution is 2.13. The summed E-state index contributed by atoms with van der Waals surface area (Å²) in [4.78, 5) is 29.9. The molecule has 0 saturated heterocycles. The molecule has 0 aliphatic carbocycles. The average molecular weight is 444 g/mol. The number of nitrogens with zero attached hydrogens (tertiary/aromatic N) is 2. The number of amides is 2. The number of halogens is 1.